The van der Waals surface area contributed by atoms with Gasteiger partial charge in [0.1, 0.15) is 11.9 Å². The maximum Gasteiger partial charge on any atom is 0.192 e. The average Bonchev–Trinajstić information content (AvgIpc) is 2.77. The fraction of sp³-hybridized carbons (Fsp3) is 0.600. The predicted octanol–water partition coefficient (Wildman–Crippen LogP) is 5.01. The van der Waals surface area contributed by atoms with Crippen LogP contribution in [-0.4, -0.2) is 21.0 Å². The predicted molar refractivity (Wildman–Crippen MR) is 94.8 cm³/mol. The van der Waals surface area contributed by atoms with E-state index in [1.54, 1.807) is 6.07 Å². The van der Waals surface area contributed by atoms with Gasteiger partial charge in [0.25, 0.3) is 0 Å². The lowest BCUT2D eigenvalue weighted by Crippen LogP contribution is -2.43. The first-order valence-corrected chi connectivity index (χ1v) is 11.2. The molecular formula is C15H23BrClNO2Si. The first-order valence-electron chi connectivity index (χ1n) is 7.10. The average molecular weight is 393 g/mol. The maximum absolute atomic E-state index is 6.24. The molecule has 0 fully saturated rings. The summed E-state index contributed by atoms with van der Waals surface area (Å²) in [5.74, 6) is 0.738. The van der Waals surface area contributed by atoms with Gasteiger partial charge < -0.3 is 14.9 Å². The topological polar surface area (TPSA) is 44.5 Å². The summed E-state index contributed by atoms with van der Waals surface area (Å²) >= 11 is 9.74. The van der Waals surface area contributed by atoms with E-state index in [-0.39, 0.29) is 11.1 Å². The highest BCUT2D eigenvalue weighted by atomic mass is 79.9. The van der Waals surface area contributed by atoms with Gasteiger partial charge in [0, 0.05) is 22.1 Å². The molecule has 0 radical (unpaired) electrons. The fourth-order valence-electron chi connectivity index (χ4n) is 2.04. The molecule has 0 bridgehead atoms. The molecule has 0 saturated heterocycles. The normalized spacial score (nSPS) is 18.5. The van der Waals surface area contributed by atoms with Crippen LogP contribution in [0.25, 0.3) is 0 Å². The number of halogens is 2. The zero-order valence-corrected chi connectivity index (χ0v) is 16.6. The Balaban J connectivity index is 2.08. The van der Waals surface area contributed by atoms with E-state index in [0.717, 1.165) is 22.2 Å². The number of benzene rings is 1. The number of anilines is 1. The number of fused-ring (bicyclic) bond motifs is 1. The van der Waals surface area contributed by atoms with Crippen LogP contribution < -0.4 is 10.5 Å². The van der Waals surface area contributed by atoms with Crippen molar-refractivity contribution in [3.63, 3.8) is 0 Å². The van der Waals surface area contributed by atoms with Crippen LogP contribution >= 0.6 is 27.5 Å². The molecule has 1 aliphatic heterocycles. The van der Waals surface area contributed by atoms with Gasteiger partial charge in [0.05, 0.1) is 11.6 Å². The molecule has 1 aromatic carbocycles. The van der Waals surface area contributed by atoms with Gasteiger partial charge >= 0.3 is 0 Å². The third-order valence-corrected chi connectivity index (χ3v) is 10.2. The van der Waals surface area contributed by atoms with E-state index in [4.69, 9.17) is 26.5 Å². The summed E-state index contributed by atoms with van der Waals surface area (Å²) < 4.78 is 13.1. The minimum atomic E-state index is -1.76. The van der Waals surface area contributed by atoms with Crippen molar-refractivity contribution in [2.45, 2.75) is 51.4 Å². The lowest BCUT2D eigenvalue weighted by molar-refractivity contribution is 0.139. The summed E-state index contributed by atoms with van der Waals surface area (Å²) in [6, 6.07) is 1.72. The number of hydrogen-bond acceptors (Lipinski definition) is 3. The van der Waals surface area contributed by atoms with Crippen molar-refractivity contribution < 1.29 is 9.16 Å². The van der Waals surface area contributed by atoms with Crippen molar-refractivity contribution in [1.29, 1.82) is 0 Å². The number of hydrogen-bond donors (Lipinski definition) is 1. The first kappa shape index (κ1) is 17.1. The summed E-state index contributed by atoms with van der Waals surface area (Å²) in [6.07, 6.45) is 0.777. The molecular weight excluding hydrogens is 370 g/mol. The lowest BCUT2D eigenvalue weighted by atomic mass is 10.1. The van der Waals surface area contributed by atoms with Crippen LogP contribution in [0.3, 0.4) is 0 Å². The number of nitrogens with two attached hydrogens (primary N) is 1. The first-order chi connectivity index (χ1) is 9.53. The Morgan fingerprint density at radius 2 is 2.10 bits per heavy atom. The highest BCUT2D eigenvalue weighted by molar-refractivity contribution is 9.10. The molecule has 2 N–H and O–H groups in total. The van der Waals surface area contributed by atoms with E-state index in [2.05, 4.69) is 49.8 Å². The second kappa shape index (κ2) is 5.76. The van der Waals surface area contributed by atoms with Gasteiger partial charge in [-0.2, -0.15) is 0 Å². The molecule has 1 aromatic rings. The van der Waals surface area contributed by atoms with Gasteiger partial charge in [0.2, 0.25) is 0 Å². The standard InChI is InChI=1S/C15H23BrClNO2Si/c1-15(2,3)21(4,5)19-8-9-6-10-13(16)12(18)7-11(17)14(10)20-9/h7,9H,6,8,18H2,1-5H3. The van der Waals surface area contributed by atoms with Crippen molar-refractivity contribution in [2.75, 3.05) is 12.3 Å². The molecule has 1 atom stereocenters. The zero-order chi connectivity index (χ0) is 16.0. The molecule has 2 rings (SSSR count). The van der Waals surface area contributed by atoms with Crippen LogP contribution in [0.1, 0.15) is 26.3 Å². The van der Waals surface area contributed by atoms with Crippen LogP contribution in [0.2, 0.25) is 23.2 Å². The van der Waals surface area contributed by atoms with E-state index in [1.807, 2.05) is 0 Å². The molecule has 0 aliphatic carbocycles. The lowest BCUT2D eigenvalue weighted by Gasteiger charge is -2.36. The minimum absolute atomic E-state index is 0.00437. The molecule has 3 nitrogen and oxygen atoms in total. The van der Waals surface area contributed by atoms with Gasteiger partial charge in [0.15, 0.2) is 8.32 Å². The number of rotatable bonds is 3. The van der Waals surface area contributed by atoms with Crippen molar-refractivity contribution >= 4 is 41.5 Å². The Morgan fingerprint density at radius 1 is 1.48 bits per heavy atom. The molecule has 0 aromatic heterocycles. The van der Waals surface area contributed by atoms with Gasteiger partial charge in [-0.3, -0.25) is 0 Å². The monoisotopic (exact) mass is 391 g/mol. The Morgan fingerprint density at radius 3 is 2.67 bits per heavy atom. The SMILES string of the molecule is CC(C)(C)[Si](C)(C)OCC1Cc2c(Br)c(N)cc(Cl)c2O1. The molecule has 0 saturated carbocycles. The highest BCUT2D eigenvalue weighted by Gasteiger charge is 2.38. The van der Waals surface area contributed by atoms with Gasteiger partial charge in [-0.15, -0.1) is 0 Å². The molecule has 21 heavy (non-hydrogen) atoms. The number of ether oxygens (including phenoxy) is 1. The van der Waals surface area contributed by atoms with Crippen molar-refractivity contribution in [1.82, 2.24) is 0 Å². The van der Waals surface area contributed by atoms with Crippen LogP contribution in [0.4, 0.5) is 5.69 Å². The van der Waals surface area contributed by atoms with Gasteiger partial charge in [-0.1, -0.05) is 32.4 Å². The van der Waals surface area contributed by atoms with E-state index >= 15 is 0 Å². The Bertz CT molecular complexity index is 558. The van der Waals surface area contributed by atoms with Crippen LogP contribution in [-0.2, 0) is 10.8 Å². The molecule has 1 aliphatic rings. The second-order valence-electron chi connectivity index (χ2n) is 7.08. The molecule has 0 amide bonds. The van der Waals surface area contributed by atoms with E-state index in [9.17, 15) is 0 Å². The summed E-state index contributed by atoms with van der Waals surface area (Å²) in [5, 5.41) is 0.765. The maximum atomic E-state index is 6.24. The van der Waals surface area contributed by atoms with Crippen molar-refractivity contribution in [2.24, 2.45) is 0 Å². The second-order valence-corrected chi connectivity index (χ2v) is 13.1. The molecule has 1 unspecified atom stereocenters. The Labute approximate surface area is 141 Å². The van der Waals surface area contributed by atoms with E-state index in [0.29, 0.717) is 17.3 Å². The summed E-state index contributed by atoms with van der Waals surface area (Å²) in [7, 11) is -1.76. The molecule has 0 spiro atoms. The summed E-state index contributed by atoms with van der Waals surface area (Å²) in [5.41, 5.74) is 7.62. The van der Waals surface area contributed by atoms with Crippen LogP contribution in [0.5, 0.6) is 5.75 Å². The largest absolute Gasteiger partial charge is 0.486 e. The summed E-state index contributed by atoms with van der Waals surface area (Å²) in [6.45, 7) is 11.8. The Kier molecular flexibility index (Phi) is 4.70. The van der Waals surface area contributed by atoms with Gasteiger partial charge in [-0.05, 0) is 40.1 Å². The van der Waals surface area contributed by atoms with Crippen molar-refractivity contribution in [3.05, 3.63) is 21.1 Å². The van der Waals surface area contributed by atoms with E-state index in [1.165, 1.54) is 0 Å². The van der Waals surface area contributed by atoms with Crippen LogP contribution in [0.15, 0.2) is 10.5 Å². The highest BCUT2D eigenvalue weighted by Crippen LogP contribution is 2.44. The molecule has 6 heteroatoms. The third kappa shape index (κ3) is 3.41. The van der Waals surface area contributed by atoms with E-state index < -0.39 is 8.32 Å². The minimum Gasteiger partial charge on any atom is -0.486 e. The van der Waals surface area contributed by atoms with Crippen LogP contribution in [0, 0.1) is 0 Å². The molecule has 1 heterocycles. The van der Waals surface area contributed by atoms with Gasteiger partial charge in [-0.25, -0.2) is 0 Å². The third-order valence-electron chi connectivity index (χ3n) is 4.44. The fourth-order valence-corrected chi connectivity index (χ4v) is 3.81. The van der Waals surface area contributed by atoms with Crippen molar-refractivity contribution in [3.8, 4) is 5.75 Å². The molecule has 118 valence electrons. The number of nitrogen functional groups attached to an aromatic ring is 1. The quantitative estimate of drug-likeness (QED) is 0.581. The Hall–Kier alpha value is -0.233. The summed E-state index contributed by atoms with van der Waals surface area (Å²) in [4.78, 5) is 0. The smallest absolute Gasteiger partial charge is 0.192 e. The zero-order valence-electron chi connectivity index (χ0n) is 13.2.